The fourth-order valence-electron chi connectivity index (χ4n) is 2.67. The molecule has 0 unspecified atom stereocenters. The lowest BCUT2D eigenvalue weighted by Crippen LogP contribution is -2.15. The van der Waals surface area contributed by atoms with Gasteiger partial charge in [-0.2, -0.15) is 0 Å². The van der Waals surface area contributed by atoms with Crippen molar-refractivity contribution in [1.29, 1.82) is 0 Å². The van der Waals surface area contributed by atoms with Crippen molar-refractivity contribution < 1.29 is 18.7 Å². The zero-order valence-electron chi connectivity index (χ0n) is 14.7. The van der Waals surface area contributed by atoms with E-state index in [1.807, 2.05) is 36.4 Å². The van der Waals surface area contributed by atoms with Crippen LogP contribution in [0.4, 0.5) is 6.01 Å². The molecular weight excluding hydrogens is 382 g/mol. The fourth-order valence-corrected chi connectivity index (χ4v) is 2.87. The normalized spacial score (nSPS) is 12.9. The number of halogens is 1. The lowest BCUT2D eigenvalue weighted by molar-refractivity contribution is -0.112. The highest BCUT2D eigenvalue weighted by Gasteiger charge is 2.14. The summed E-state index contributed by atoms with van der Waals surface area (Å²) in [6, 6.07) is 12.9. The first-order valence-electron chi connectivity index (χ1n) is 8.62. The Labute approximate surface area is 165 Å². The van der Waals surface area contributed by atoms with Crippen molar-refractivity contribution in [2.75, 3.05) is 18.5 Å². The lowest BCUT2D eigenvalue weighted by Gasteiger charge is -2.18. The van der Waals surface area contributed by atoms with Crippen LogP contribution in [-0.2, 0) is 11.2 Å². The van der Waals surface area contributed by atoms with Crippen molar-refractivity contribution in [2.24, 2.45) is 0 Å². The molecule has 1 aromatic heterocycles. The molecular formula is C20H16ClN3O4. The highest BCUT2D eigenvalue weighted by Crippen LogP contribution is 2.31. The van der Waals surface area contributed by atoms with Gasteiger partial charge in [0.2, 0.25) is 5.89 Å². The van der Waals surface area contributed by atoms with E-state index in [9.17, 15) is 4.79 Å². The van der Waals surface area contributed by atoms with Gasteiger partial charge < -0.3 is 13.9 Å². The largest absolute Gasteiger partial charge is 0.486 e. The number of hydrogen-bond donors (Lipinski definition) is 1. The Morgan fingerprint density at radius 2 is 1.93 bits per heavy atom. The van der Waals surface area contributed by atoms with Gasteiger partial charge in [0, 0.05) is 11.1 Å². The molecule has 2 heterocycles. The van der Waals surface area contributed by atoms with Crippen LogP contribution < -0.4 is 14.8 Å². The number of rotatable bonds is 5. The smallest absolute Gasteiger partial charge is 0.322 e. The minimum atomic E-state index is -0.394. The van der Waals surface area contributed by atoms with Crippen LogP contribution in [0.25, 0.3) is 6.08 Å². The van der Waals surface area contributed by atoms with E-state index < -0.39 is 5.91 Å². The number of aromatic nitrogens is 2. The zero-order valence-corrected chi connectivity index (χ0v) is 15.5. The van der Waals surface area contributed by atoms with Crippen molar-refractivity contribution in [2.45, 2.75) is 6.42 Å². The molecule has 0 bridgehead atoms. The van der Waals surface area contributed by atoms with Crippen molar-refractivity contribution in [3.63, 3.8) is 0 Å². The van der Waals surface area contributed by atoms with Crippen LogP contribution in [0.2, 0.25) is 5.02 Å². The van der Waals surface area contributed by atoms with E-state index in [1.54, 1.807) is 12.1 Å². The summed E-state index contributed by atoms with van der Waals surface area (Å²) in [5, 5.41) is 10.9. The zero-order chi connectivity index (χ0) is 19.3. The number of anilines is 1. The molecule has 0 aliphatic carbocycles. The van der Waals surface area contributed by atoms with E-state index in [0.29, 0.717) is 36.3 Å². The number of fused-ring (bicyclic) bond motifs is 1. The first kappa shape index (κ1) is 18.1. The van der Waals surface area contributed by atoms with Crippen molar-refractivity contribution >= 4 is 29.6 Å². The molecule has 0 saturated carbocycles. The second-order valence-corrected chi connectivity index (χ2v) is 6.41. The van der Waals surface area contributed by atoms with Gasteiger partial charge in [-0.05, 0) is 35.4 Å². The second kappa shape index (κ2) is 8.14. The van der Waals surface area contributed by atoms with E-state index >= 15 is 0 Å². The average Bonchev–Trinajstić information content (AvgIpc) is 3.14. The lowest BCUT2D eigenvalue weighted by atomic mass is 10.1. The topological polar surface area (TPSA) is 86.5 Å². The summed E-state index contributed by atoms with van der Waals surface area (Å²) in [6.45, 7) is 1.07. The summed E-state index contributed by atoms with van der Waals surface area (Å²) in [5.41, 5.74) is 1.67. The van der Waals surface area contributed by atoms with Gasteiger partial charge in [-0.1, -0.05) is 41.0 Å². The summed E-state index contributed by atoms with van der Waals surface area (Å²) in [4.78, 5) is 12.0. The number of benzene rings is 2. The summed E-state index contributed by atoms with van der Waals surface area (Å²) in [7, 11) is 0. The molecule has 8 heteroatoms. The van der Waals surface area contributed by atoms with E-state index in [2.05, 4.69) is 15.5 Å². The summed E-state index contributed by atoms with van der Waals surface area (Å²) >= 11 is 6.05. The molecule has 28 heavy (non-hydrogen) atoms. The number of carbonyl (C=O) groups excluding carboxylic acids is 1. The van der Waals surface area contributed by atoms with Gasteiger partial charge >= 0.3 is 6.01 Å². The first-order chi connectivity index (χ1) is 13.7. The Hall–Kier alpha value is -3.32. The predicted octanol–water partition coefficient (Wildman–Crippen LogP) is 3.74. The van der Waals surface area contributed by atoms with Gasteiger partial charge in [-0.25, -0.2) is 0 Å². The van der Waals surface area contributed by atoms with Gasteiger partial charge in [0.05, 0.1) is 6.42 Å². The van der Waals surface area contributed by atoms with E-state index in [0.717, 1.165) is 16.9 Å². The third-order valence-electron chi connectivity index (χ3n) is 3.98. The molecule has 3 aromatic rings. The molecule has 1 amide bonds. The number of nitrogens with one attached hydrogen (secondary N) is 1. The summed E-state index contributed by atoms with van der Waals surface area (Å²) < 4.78 is 16.6. The minimum absolute atomic E-state index is 0.0290. The SMILES string of the molecule is O=C(C=Cc1ccccc1Cl)Nc1nnc(Cc2ccc3c(c2)OCCO3)o1. The van der Waals surface area contributed by atoms with Crippen LogP contribution in [0.3, 0.4) is 0 Å². The maximum atomic E-state index is 12.0. The standard InChI is InChI=1S/C20H16ClN3O4/c21-15-4-2-1-3-14(15)6-8-18(25)22-20-24-23-19(28-20)12-13-5-7-16-17(11-13)27-10-9-26-16/h1-8,11H,9-10,12H2,(H,22,24,25). The maximum absolute atomic E-state index is 12.0. The molecule has 1 aliphatic heterocycles. The van der Waals surface area contributed by atoms with Crippen molar-refractivity contribution in [1.82, 2.24) is 10.2 Å². The third kappa shape index (κ3) is 4.32. The predicted molar refractivity (Wildman–Crippen MR) is 104 cm³/mol. The molecule has 0 spiro atoms. The van der Waals surface area contributed by atoms with Crippen molar-refractivity contribution in [3.05, 3.63) is 70.6 Å². The van der Waals surface area contributed by atoms with Crippen LogP contribution >= 0.6 is 11.6 Å². The molecule has 1 aliphatic rings. The van der Waals surface area contributed by atoms with Crippen LogP contribution in [0.15, 0.2) is 53.0 Å². The Balaban J connectivity index is 1.38. The Kier molecular flexibility index (Phi) is 5.25. The quantitative estimate of drug-likeness (QED) is 0.660. The van der Waals surface area contributed by atoms with Gasteiger partial charge in [0.15, 0.2) is 11.5 Å². The van der Waals surface area contributed by atoms with Crippen LogP contribution in [0.1, 0.15) is 17.0 Å². The Morgan fingerprint density at radius 1 is 1.11 bits per heavy atom. The Morgan fingerprint density at radius 3 is 2.79 bits per heavy atom. The highest BCUT2D eigenvalue weighted by molar-refractivity contribution is 6.32. The van der Waals surface area contributed by atoms with Crippen molar-refractivity contribution in [3.8, 4) is 11.5 Å². The van der Waals surface area contributed by atoms with Gasteiger partial charge in [-0.15, -0.1) is 5.10 Å². The average molecular weight is 398 g/mol. The minimum Gasteiger partial charge on any atom is -0.486 e. The molecule has 0 saturated heterocycles. The fraction of sp³-hybridized carbons (Fsp3) is 0.150. The van der Waals surface area contributed by atoms with E-state index in [4.69, 9.17) is 25.5 Å². The van der Waals surface area contributed by atoms with Gasteiger partial charge in [-0.3, -0.25) is 10.1 Å². The number of nitrogens with zero attached hydrogens (tertiary/aromatic N) is 2. The molecule has 1 N–H and O–H groups in total. The number of hydrogen-bond acceptors (Lipinski definition) is 6. The second-order valence-electron chi connectivity index (χ2n) is 6.00. The first-order valence-corrected chi connectivity index (χ1v) is 9.00. The Bertz CT molecular complexity index is 1030. The number of amides is 1. The van der Waals surface area contributed by atoms with Gasteiger partial charge in [0.25, 0.3) is 5.91 Å². The molecule has 4 rings (SSSR count). The van der Waals surface area contributed by atoms with Crippen LogP contribution in [0, 0.1) is 0 Å². The number of carbonyl (C=O) groups is 1. The maximum Gasteiger partial charge on any atom is 0.322 e. The third-order valence-corrected chi connectivity index (χ3v) is 4.32. The molecule has 2 aromatic carbocycles. The monoisotopic (exact) mass is 397 g/mol. The molecule has 0 fully saturated rings. The molecule has 0 atom stereocenters. The summed E-state index contributed by atoms with van der Waals surface area (Å²) in [5.74, 6) is 1.40. The molecule has 142 valence electrons. The van der Waals surface area contributed by atoms with Gasteiger partial charge in [0.1, 0.15) is 13.2 Å². The van der Waals surface area contributed by atoms with E-state index in [-0.39, 0.29) is 6.01 Å². The molecule has 7 nitrogen and oxygen atoms in total. The number of ether oxygens (including phenoxy) is 2. The highest BCUT2D eigenvalue weighted by atomic mass is 35.5. The molecule has 0 radical (unpaired) electrons. The van der Waals surface area contributed by atoms with E-state index in [1.165, 1.54) is 6.08 Å². The van der Waals surface area contributed by atoms with Crippen LogP contribution in [-0.4, -0.2) is 29.3 Å². The summed E-state index contributed by atoms with van der Waals surface area (Å²) in [6.07, 6.45) is 3.38. The van der Waals surface area contributed by atoms with Crippen LogP contribution in [0.5, 0.6) is 11.5 Å².